The number of nitrogens with zero attached hydrogens (tertiary/aromatic N) is 1. The van der Waals surface area contributed by atoms with Gasteiger partial charge in [0, 0.05) is 18.1 Å². The van der Waals surface area contributed by atoms with E-state index in [0.717, 1.165) is 19.4 Å². The second kappa shape index (κ2) is 6.37. The summed E-state index contributed by atoms with van der Waals surface area (Å²) in [6.07, 6.45) is 2.22. The number of nitrogens with one attached hydrogen (secondary N) is 2. The van der Waals surface area contributed by atoms with Crippen molar-refractivity contribution in [3.05, 3.63) is 0 Å². The lowest BCUT2D eigenvalue weighted by atomic mass is 10.1. The van der Waals surface area contributed by atoms with E-state index in [-0.39, 0.29) is 29.9 Å². The smallest absolute Gasteiger partial charge is 0.237 e. The Balaban J connectivity index is 2.34. The third-order valence-electron chi connectivity index (χ3n) is 3.10. The van der Waals surface area contributed by atoms with Crippen molar-refractivity contribution in [2.24, 2.45) is 0 Å². The summed E-state index contributed by atoms with van der Waals surface area (Å²) in [4.78, 5) is 25.7. The quantitative estimate of drug-likeness (QED) is 0.753. The highest BCUT2D eigenvalue weighted by atomic mass is 16.2. The van der Waals surface area contributed by atoms with Gasteiger partial charge in [0.2, 0.25) is 11.8 Å². The van der Waals surface area contributed by atoms with E-state index >= 15 is 0 Å². The standard InChI is InChI=1S/C14H27N3O2/c1-6-17(11-7-8-11)12(18)9-15-10(2)13(19)16-14(3,4)5/h10-11,15H,6-9H2,1-5H3,(H,16,19). The summed E-state index contributed by atoms with van der Waals surface area (Å²) < 4.78 is 0. The third-order valence-corrected chi connectivity index (χ3v) is 3.10. The molecule has 0 radical (unpaired) electrons. The van der Waals surface area contributed by atoms with E-state index in [4.69, 9.17) is 0 Å². The maximum Gasteiger partial charge on any atom is 0.237 e. The van der Waals surface area contributed by atoms with E-state index in [0.29, 0.717) is 6.04 Å². The van der Waals surface area contributed by atoms with Crippen LogP contribution in [0, 0.1) is 0 Å². The number of hydrogen-bond donors (Lipinski definition) is 2. The number of carbonyl (C=O) groups excluding carboxylic acids is 2. The van der Waals surface area contributed by atoms with Crippen molar-refractivity contribution < 1.29 is 9.59 Å². The number of likely N-dealkylation sites (N-methyl/N-ethyl adjacent to an activating group) is 1. The van der Waals surface area contributed by atoms with Crippen molar-refractivity contribution in [2.45, 2.75) is 65.1 Å². The zero-order chi connectivity index (χ0) is 14.6. The van der Waals surface area contributed by atoms with Crippen LogP contribution in [0.5, 0.6) is 0 Å². The number of carbonyl (C=O) groups is 2. The van der Waals surface area contributed by atoms with Crippen LogP contribution in [-0.2, 0) is 9.59 Å². The zero-order valence-electron chi connectivity index (χ0n) is 12.7. The predicted molar refractivity (Wildman–Crippen MR) is 75.8 cm³/mol. The first-order valence-electron chi connectivity index (χ1n) is 7.09. The number of rotatable bonds is 6. The van der Waals surface area contributed by atoms with Crippen LogP contribution in [0.15, 0.2) is 0 Å². The van der Waals surface area contributed by atoms with E-state index in [9.17, 15) is 9.59 Å². The zero-order valence-corrected chi connectivity index (χ0v) is 12.7. The molecule has 0 aromatic heterocycles. The van der Waals surface area contributed by atoms with Crippen LogP contribution in [0.1, 0.15) is 47.5 Å². The van der Waals surface area contributed by atoms with Crippen molar-refractivity contribution in [1.29, 1.82) is 0 Å². The fourth-order valence-corrected chi connectivity index (χ4v) is 1.94. The van der Waals surface area contributed by atoms with Gasteiger partial charge in [-0.1, -0.05) is 0 Å². The monoisotopic (exact) mass is 269 g/mol. The van der Waals surface area contributed by atoms with Gasteiger partial charge in [0.05, 0.1) is 12.6 Å². The van der Waals surface area contributed by atoms with Crippen LogP contribution in [-0.4, -0.2) is 47.4 Å². The molecule has 2 amide bonds. The summed E-state index contributed by atoms with van der Waals surface area (Å²) in [7, 11) is 0. The topological polar surface area (TPSA) is 61.4 Å². The van der Waals surface area contributed by atoms with Crippen molar-refractivity contribution >= 4 is 11.8 Å². The van der Waals surface area contributed by atoms with Gasteiger partial charge >= 0.3 is 0 Å². The largest absolute Gasteiger partial charge is 0.350 e. The van der Waals surface area contributed by atoms with Gasteiger partial charge in [0.15, 0.2) is 0 Å². The van der Waals surface area contributed by atoms with E-state index < -0.39 is 0 Å². The van der Waals surface area contributed by atoms with Crippen LogP contribution in [0.4, 0.5) is 0 Å². The minimum absolute atomic E-state index is 0.0743. The SMILES string of the molecule is CCN(C(=O)CNC(C)C(=O)NC(C)(C)C)C1CC1. The molecule has 1 saturated carbocycles. The lowest BCUT2D eigenvalue weighted by Gasteiger charge is -2.25. The molecule has 1 aliphatic rings. The van der Waals surface area contributed by atoms with Gasteiger partial charge in [0.1, 0.15) is 0 Å². The van der Waals surface area contributed by atoms with E-state index in [1.807, 2.05) is 32.6 Å². The van der Waals surface area contributed by atoms with E-state index in [1.54, 1.807) is 6.92 Å². The molecule has 0 aromatic carbocycles. The Kier molecular flexibility index (Phi) is 5.35. The molecule has 1 aliphatic carbocycles. The highest BCUT2D eigenvalue weighted by Gasteiger charge is 2.31. The average molecular weight is 269 g/mol. The first-order valence-corrected chi connectivity index (χ1v) is 7.09. The summed E-state index contributed by atoms with van der Waals surface area (Å²) >= 11 is 0. The Labute approximate surface area is 116 Å². The molecule has 0 bridgehead atoms. The highest BCUT2D eigenvalue weighted by molar-refractivity contribution is 5.84. The molecule has 5 nitrogen and oxygen atoms in total. The van der Waals surface area contributed by atoms with Gasteiger partial charge < -0.3 is 10.2 Å². The molecule has 19 heavy (non-hydrogen) atoms. The number of hydrogen-bond acceptors (Lipinski definition) is 3. The van der Waals surface area contributed by atoms with Crippen molar-refractivity contribution in [3.8, 4) is 0 Å². The van der Waals surface area contributed by atoms with E-state index in [1.165, 1.54) is 0 Å². The molecule has 0 saturated heterocycles. The third kappa shape index (κ3) is 5.59. The van der Waals surface area contributed by atoms with Gasteiger partial charge in [0.25, 0.3) is 0 Å². The summed E-state index contributed by atoms with van der Waals surface area (Å²) in [6.45, 7) is 10.6. The van der Waals surface area contributed by atoms with Crippen LogP contribution >= 0.6 is 0 Å². The summed E-state index contributed by atoms with van der Waals surface area (Å²) in [5.74, 6) is 0.00943. The van der Waals surface area contributed by atoms with Crippen LogP contribution in [0.25, 0.3) is 0 Å². The maximum atomic E-state index is 12.0. The first kappa shape index (κ1) is 16.0. The molecular weight excluding hydrogens is 242 g/mol. The van der Waals surface area contributed by atoms with Crippen LogP contribution < -0.4 is 10.6 Å². The van der Waals surface area contributed by atoms with Gasteiger partial charge in [-0.05, 0) is 47.5 Å². The highest BCUT2D eigenvalue weighted by Crippen LogP contribution is 2.26. The van der Waals surface area contributed by atoms with Gasteiger partial charge in [-0.3, -0.25) is 14.9 Å². The minimum atomic E-state index is -0.360. The molecule has 1 fully saturated rings. The van der Waals surface area contributed by atoms with Gasteiger partial charge in [-0.25, -0.2) is 0 Å². The summed E-state index contributed by atoms with van der Waals surface area (Å²) in [5, 5.41) is 5.89. The molecule has 0 heterocycles. The predicted octanol–water partition coefficient (Wildman–Crippen LogP) is 0.890. The Bertz CT molecular complexity index is 332. The lowest BCUT2D eigenvalue weighted by Crippen LogP contribution is -2.51. The van der Waals surface area contributed by atoms with Crippen molar-refractivity contribution in [3.63, 3.8) is 0 Å². The summed E-state index contributed by atoms with van der Waals surface area (Å²) in [6, 6.07) is 0.0686. The molecule has 2 N–H and O–H groups in total. The Morgan fingerprint density at radius 1 is 1.32 bits per heavy atom. The Hall–Kier alpha value is -1.10. The molecule has 0 spiro atoms. The molecular formula is C14H27N3O2. The average Bonchev–Trinajstić information content (AvgIpc) is 3.08. The molecule has 110 valence electrons. The Morgan fingerprint density at radius 3 is 2.32 bits per heavy atom. The Morgan fingerprint density at radius 2 is 1.89 bits per heavy atom. The molecule has 0 aromatic rings. The molecule has 0 aliphatic heterocycles. The normalized spacial score (nSPS) is 16.9. The molecule has 1 rings (SSSR count). The molecule has 1 unspecified atom stereocenters. The van der Waals surface area contributed by atoms with Gasteiger partial charge in [-0.15, -0.1) is 0 Å². The van der Waals surface area contributed by atoms with Crippen LogP contribution in [0.3, 0.4) is 0 Å². The number of amides is 2. The van der Waals surface area contributed by atoms with E-state index in [2.05, 4.69) is 10.6 Å². The minimum Gasteiger partial charge on any atom is -0.350 e. The van der Waals surface area contributed by atoms with Crippen LogP contribution in [0.2, 0.25) is 0 Å². The fraction of sp³-hybridized carbons (Fsp3) is 0.857. The van der Waals surface area contributed by atoms with Crippen molar-refractivity contribution in [1.82, 2.24) is 15.5 Å². The van der Waals surface area contributed by atoms with Crippen molar-refractivity contribution in [2.75, 3.05) is 13.1 Å². The second-order valence-electron chi connectivity index (χ2n) is 6.25. The molecule has 1 atom stereocenters. The first-order chi connectivity index (χ1) is 8.74. The molecule has 5 heteroatoms. The van der Waals surface area contributed by atoms with Gasteiger partial charge in [-0.2, -0.15) is 0 Å². The second-order valence-corrected chi connectivity index (χ2v) is 6.25. The summed E-state index contributed by atoms with van der Waals surface area (Å²) in [5.41, 5.74) is -0.250. The fourth-order valence-electron chi connectivity index (χ4n) is 1.94. The lowest BCUT2D eigenvalue weighted by molar-refractivity contribution is -0.131. The maximum absolute atomic E-state index is 12.0.